The largest absolute Gasteiger partial charge is 0.444 e. The number of carbonyl (C=O) groups is 1. The molecule has 10 nitrogen and oxygen atoms in total. The van der Waals surface area contributed by atoms with Gasteiger partial charge in [0.05, 0.1) is 22.1 Å². The van der Waals surface area contributed by atoms with Crippen LogP contribution < -0.4 is 5.32 Å². The normalized spacial score (nSPS) is 15.5. The maximum atomic E-state index is 14.5. The topological polar surface area (TPSA) is 119 Å². The SMILES string of the molecule is CC(C)(C)OC(=O)N1CCC(n2nnc3c(Nc4ccc(S(C)(=O)=O)cc4F)nccc32)CC1. The number of nitrogens with one attached hydrogen (secondary N) is 1. The first-order valence-electron chi connectivity index (χ1n) is 10.9. The van der Waals surface area contributed by atoms with Crippen LogP contribution in [0.5, 0.6) is 0 Å². The highest BCUT2D eigenvalue weighted by Crippen LogP contribution is 2.30. The maximum absolute atomic E-state index is 14.5. The van der Waals surface area contributed by atoms with Crippen LogP contribution in [0.2, 0.25) is 0 Å². The number of carbonyl (C=O) groups excluding carboxylic acids is 1. The van der Waals surface area contributed by atoms with Crippen molar-refractivity contribution >= 4 is 38.5 Å². The van der Waals surface area contributed by atoms with Gasteiger partial charge in [-0.15, -0.1) is 5.10 Å². The van der Waals surface area contributed by atoms with Gasteiger partial charge in [0, 0.05) is 25.5 Å². The van der Waals surface area contributed by atoms with E-state index in [0.29, 0.717) is 37.3 Å². The summed E-state index contributed by atoms with van der Waals surface area (Å²) in [5.41, 5.74) is 0.717. The van der Waals surface area contributed by atoms with Crippen LogP contribution in [-0.4, -0.2) is 64.3 Å². The number of amides is 1. The van der Waals surface area contributed by atoms with Crippen LogP contribution in [0.4, 0.5) is 20.7 Å². The van der Waals surface area contributed by atoms with Crippen molar-refractivity contribution < 1.29 is 22.3 Å². The zero-order valence-corrected chi connectivity index (χ0v) is 20.3. The third-order valence-electron chi connectivity index (χ3n) is 5.47. The molecule has 1 N–H and O–H groups in total. The third-order valence-corrected chi connectivity index (χ3v) is 6.58. The molecule has 1 fully saturated rings. The number of rotatable bonds is 4. The van der Waals surface area contributed by atoms with Crippen molar-refractivity contribution in [3.63, 3.8) is 0 Å². The van der Waals surface area contributed by atoms with Crippen LogP contribution in [-0.2, 0) is 14.6 Å². The third kappa shape index (κ3) is 5.11. The van der Waals surface area contributed by atoms with Gasteiger partial charge in [0.1, 0.15) is 11.4 Å². The molecule has 1 saturated heterocycles. The van der Waals surface area contributed by atoms with Gasteiger partial charge in [-0.25, -0.2) is 27.3 Å². The molecule has 12 heteroatoms. The number of benzene rings is 1. The number of anilines is 2. The Morgan fingerprint density at radius 3 is 2.53 bits per heavy atom. The Morgan fingerprint density at radius 1 is 1.21 bits per heavy atom. The first-order chi connectivity index (χ1) is 15.9. The van der Waals surface area contributed by atoms with Crippen LogP contribution >= 0.6 is 0 Å². The lowest BCUT2D eigenvalue weighted by molar-refractivity contribution is 0.0185. The lowest BCUT2D eigenvalue weighted by atomic mass is 10.1. The molecule has 1 aliphatic heterocycles. The molecule has 0 unspecified atom stereocenters. The number of piperidine rings is 1. The second-order valence-electron chi connectivity index (χ2n) is 9.30. The summed E-state index contributed by atoms with van der Waals surface area (Å²) >= 11 is 0. The number of halogens is 1. The fourth-order valence-corrected chi connectivity index (χ4v) is 4.44. The lowest BCUT2D eigenvalue weighted by Crippen LogP contribution is -2.42. The van der Waals surface area contributed by atoms with E-state index in [1.807, 2.05) is 20.8 Å². The van der Waals surface area contributed by atoms with Gasteiger partial charge in [0.25, 0.3) is 0 Å². The van der Waals surface area contributed by atoms with Gasteiger partial charge in [0.15, 0.2) is 21.2 Å². The highest BCUT2D eigenvalue weighted by atomic mass is 32.2. The first-order valence-corrected chi connectivity index (χ1v) is 12.8. The standard InChI is InChI=1S/C22H27FN6O4S/c1-22(2,3)33-21(30)28-11-8-14(9-12-28)29-18-7-10-24-20(19(18)26-27-29)25-17-6-5-15(13-16(17)23)34(4,31)32/h5-7,10,13-14H,8-9,11-12H2,1-4H3,(H,24,25). The molecule has 1 amide bonds. The minimum Gasteiger partial charge on any atom is -0.444 e. The van der Waals surface area contributed by atoms with Gasteiger partial charge in [0.2, 0.25) is 0 Å². The van der Waals surface area contributed by atoms with Crippen molar-refractivity contribution in [1.29, 1.82) is 0 Å². The molecule has 4 rings (SSSR count). The minimum atomic E-state index is -3.52. The number of aromatic nitrogens is 4. The Kier molecular flexibility index (Phi) is 6.19. The summed E-state index contributed by atoms with van der Waals surface area (Å²) in [4.78, 5) is 18.2. The summed E-state index contributed by atoms with van der Waals surface area (Å²) in [6.45, 7) is 6.59. The molecule has 0 atom stereocenters. The van der Waals surface area contributed by atoms with Crippen LogP contribution in [0, 0.1) is 5.82 Å². The number of nitrogens with zero attached hydrogens (tertiary/aromatic N) is 5. The van der Waals surface area contributed by atoms with Crippen molar-refractivity contribution in [2.45, 2.75) is 50.2 Å². The molecular weight excluding hydrogens is 463 g/mol. The Morgan fingerprint density at radius 2 is 1.91 bits per heavy atom. The van der Waals surface area contributed by atoms with E-state index in [-0.39, 0.29) is 22.7 Å². The summed E-state index contributed by atoms with van der Waals surface area (Å²) in [5, 5.41) is 11.4. The van der Waals surface area contributed by atoms with E-state index in [0.717, 1.165) is 17.8 Å². The van der Waals surface area contributed by atoms with Gasteiger partial charge in [-0.1, -0.05) is 5.21 Å². The first kappa shape index (κ1) is 23.9. The number of hydrogen-bond donors (Lipinski definition) is 1. The van der Waals surface area contributed by atoms with Gasteiger partial charge < -0.3 is 15.0 Å². The molecule has 1 aromatic carbocycles. The van der Waals surface area contributed by atoms with Crippen LogP contribution in [0.3, 0.4) is 0 Å². The van der Waals surface area contributed by atoms with Crippen molar-refractivity contribution in [2.75, 3.05) is 24.7 Å². The highest BCUT2D eigenvalue weighted by molar-refractivity contribution is 7.90. The van der Waals surface area contributed by atoms with Gasteiger partial charge in [-0.2, -0.15) is 0 Å². The second kappa shape index (κ2) is 8.82. The van der Waals surface area contributed by atoms with Crippen molar-refractivity contribution in [3.8, 4) is 0 Å². The van der Waals surface area contributed by atoms with Crippen LogP contribution in [0.25, 0.3) is 11.0 Å². The Bertz CT molecular complexity index is 1330. The summed E-state index contributed by atoms with van der Waals surface area (Å²) in [7, 11) is -3.52. The Balaban J connectivity index is 1.51. The number of ether oxygens (including phenoxy) is 1. The quantitative estimate of drug-likeness (QED) is 0.588. The van der Waals surface area contributed by atoms with E-state index in [9.17, 15) is 17.6 Å². The minimum absolute atomic E-state index is 0.0321. The summed E-state index contributed by atoms with van der Waals surface area (Å²) < 4.78 is 45.1. The number of fused-ring (bicyclic) bond motifs is 1. The number of sulfone groups is 1. The molecule has 34 heavy (non-hydrogen) atoms. The molecule has 0 bridgehead atoms. The highest BCUT2D eigenvalue weighted by Gasteiger charge is 2.29. The Labute approximate surface area is 197 Å². The second-order valence-corrected chi connectivity index (χ2v) is 11.3. The predicted octanol–water partition coefficient (Wildman–Crippen LogP) is 3.68. The lowest BCUT2D eigenvalue weighted by Gasteiger charge is -2.33. The smallest absolute Gasteiger partial charge is 0.410 e. The molecule has 0 spiro atoms. The molecule has 3 aromatic rings. The molecule has 2 aromatic heterocycles. The average molecular weight is 491 g/mol. The fraction of sp³-hybridized carbons (Fsp3) is 0.455. The molecule has 182 valence electrons. The van der Waals surface area contributed by atoms with Crippen molar-refractivity contribution in [1.82, 2.24) is 24.9 Å². The zero-order chi connectivity index (χ0) is 24.7. The molecule has 1 aliphatic rings. The molecule has 0 radical (unpaired) electrons. The van der Waals surface area contributed by atoms with E-state index in [1.54, 1.807) is 21.8 Å². The summed E-state index contributed by atoms with van der Waals surface area (Å²) in [6.07, 6.45) is 3.64. The van der Waals surface area contributed by atoms with Gasteiger partial charge >= 0.3 is 6.09 Å². The van der Waals surface area contributed by atoms with Crippen LogP contribution in [0.1, 0.15) is 39.7 Å². The summed E-state index contributed by atoms with van der Waals surface area (Å²) in [5.74, 6) is -0.412. The predicted molar refractivity (Wildman–Crippen MR) is 124 cm³/mol. The van der Waals surface area contributed by atoms with Crippen molar-refractivity contribution in [2.24, 2.45) is 0 Å². The number of pyridine rings is 1. The summed E-state index contributed by atoms with van der Waals surface area (Å²) in [6, 6.07) is 5.46. The molecular formula is C22H27FN6O4S. The molecule has 3 heterocycles. The zero-order valence-electron chi connectivity index (χ0n) is 19.4. The molecule has 0 aliphatic carbocycles. The fourth-order valence-electron chi connectivity index (χ4n) is 3.80. The number of hydrogen-bond acceptors (Lipinski definition) is 8. The van der Waals surface area contributed by atoms with E-state index >= 15 is 0 Å². The maximum Gasteiger partial charge on any atom is 0.410 e. The van der Waals surface area contributed by atoms with Crippen LogP contribution in [0.15, 0.2) is 35.4 Å². The van der Waals surface area contributed by atoms with E-state index < -0.39 is 21.3 Å². The van der Waals surface area contributed by atoms with E-state index in [4.69, 9.17) is 4.74 Å². The molecule has 0 saturated carbocycles. The van der Waals surface area contributed by atoms with Gasteiger partial charge in [-0.3, -0.25) is 0 Å². The Hall–Kier alpha value is -3.28. The van der Waals surface area contributed by atoms with Crippen molar-refractivity contribution in [3.05, 3.63) is 36.3 Å². The van der Waals surface area contributed by atoms with Gasteiger partial charge in [-0.05, 0) is 57.9 Å². The average Bonchev–Trinajstić information content (AvgIpc) is 3.18. The monoisotopic (exact) mass is 490 g/mol. The van der Waals surface area contributed by atoms with E-state index in [2.05, 4.69) is 20.6 Å². The van der Waals surface area contributed by atoms with E-state index in [1.165, 1.54) is 12.1 Å². The number of likely N-dealkylation sites (tertiary alicyclic amines) is 1.